The van der Waals surface area contributed by atoms with Gasteiger partial charge in [0.2, 0.25) is 5.91 Å². The van der Waals surface area contributed by atoms with Crippen LogP contribution in [0.3, 0.4) is 0 Å². The van der Waals surface area contributed by atoms with Gasteiger partial charge >= 0.3 is 0 Å². The van der Waals surface area contributed by atoms with Gasteiger partial charge in [0.05, 0.1) is 29.4 Å². The minimum atomic E-state index is -2.61. The zero-order valence-electron chi connectivity index (χ0n) is 42.9. The maximum atomic E-state index is 14.4. The van der Waals surface area contributed by atoms with Crippen molar-refractivity contribution in [3.63, 3.8) is 0 Å². The number of hydrogen-bond donors (Lipinski definition) is 0. The molecule has 0 N–H and O–H groups in total. The van der Waals surface area contributed by atoms with Crippen LogP contribution in [0.2, 0.25) is 5.02 Å². The first-order valence-electron chi connectivity index (χ1n) is 26.2. The van der Waals surface area contributed by atoms with Crippen molar-refractivity contribution >= 4 is 46.4 Å². The Balaban J connectivity index is 0.000000168. The van der Waals surface area contributed by atoms with E-state index in [1.165, 1.54) is 12.1 Å². The van der Waals surface area contributed by atoms with Crippen molar-refractivity contribution in [3.05, 3.63) is 93.5 Å². The summed E-state index contributed by atoms with van der Waals surface area (Å²) in [6.07, 6.45) is 9.87. The van der Waals surface area contributed by atoms with Crippen molar-refractivity contribution in [1.29, 1.82) is 5.26 Å². The highest BCUT2D eigenvalue weighted by atomic mass is 35.5. The zero-order chi connectivity index (χ0) is 51.1. The van der Waals surface area contributed by atoms with Gasteiger partial charge < -0.3 is 29.4 Å². The number of nitrogens with zero attached hydrogens (tertiary/aromatic N) is 13. The molecule has 6 aliphatic rings. The molecule has 18 heteroatoms. The predicted molar refractivity (Wildman–Crippen MR) is 279 cm³/mol. The van der Waals surface area contributed by atoms with E-state index in [1.54, 1.807) is 37.1 Å². The topological polar surface area (TPSA) is 139 Å². The number of nitriles is 1. The van der Waals surface area contributed by atoms with Gasteiger partial charge in [-0.25, -0.2) is 8.78 Å². The Morgan fingerprint density at radius 3 is 2.26 bits per heavy atom. The van der Waals surface area contributed by atoms with Gasteiger partial charge in [-0.1, -0.05) is 25.4 Å². The molecule has 0 aliphatic carbocycles. The second kappa shape index (κ2) is 21.0. The Hall–Kier alpha value is -6.12. The first-order chi connectivity index (χ1) is 35.1. The summed E-state index contributed by atoms with van der Waals surface area (Å²) in [5.41, 5.74) is 7.70. The SMILES string of the molecule is CC(=O)N1CCc2c(c(N3CCCc4cc(-c5cnn(C)c5)c(C(F)F)cc43)nn2C2CCN(C)CC2)C1.CC1CC(C)CN(C(=O)c2ccc(N3CCC4(CCN(c5ccc(C#N)c(Cl)c5)C4)CC3)nn2)C1. The van der Waals surface area contributed by atoms with E-state index in [-0.39, 0.29) is 17.4 Å². The highest BCUT2D eigenvalue weighted by molar-refractivity contribution is 6.32. The molecule has 0 radical (unpaired) electrons. The minimum Gasteiger partial charge on any atom is -0.371 e. The number of carbonyl (C=O) groups excluding carboxylic acids is 2. The molecule has 3 aromatic heterocycles. The fraction of sp³-hybridized carbons (Fsp3) is 0.545. The fourth-order valence-corrected chi connectivity index (χ4v) is 12.7. The number of alkyl halides is 2. The Labute approximate surface area is 432 Å². The molecule has 15 nitrogen and oxygen atoms in total. The second-order valence-electron chi connectivity index (χ2n) is 21.8. The Bertz CT molecular complexity index is 2850. The van der Waals surface area contributed by atoms with Crippen LogP contribution in [0.5, 0.6) is 0 Å². The lowest BCUT2D eigenvalue weighted by Crippen LogP contribution is -2.43. The van der Waals surface area contributed by atoms with Crippen LogP contribution in [0, 0.1) is 28.6 Å². The third-order valence-electron chi connectivity index (χ3n) is 16.5. The highest BCUT2D eigenvalue weighted by Crippen LogP contribution is 2.45. The van der Waals surface area contributed by atoms with Gasteiger partial charge in [0, 0.05) is 113 Å². The summed E-state index contributed by atoms with van der Waals surface area (Å²) in [5.74, 6) is 2.76. The molecule has 2 aromatic carbocycles. The summed E-state index contributed by atoms with van der Waals surface area (Å²) in [5, 5.41) is 27.8. The van der Waals surface area contributed by atoms with E-state index in [0.717, 1.165) is 138 Å². The number of halogens is 3. The van der Waals surface area contributed by atoms with Gasteiger partial charge in [0.15, 0.2) is 17.3 Å². The molecule has 73 heavy (non-hydrogen) atoms. The first kappa shape index (κ1) is 50.4. The Morgan fingerprint density at radius 1 is 0.877 bits per heavy atom. The predicted octanol–water partition coefficient (Wildman–Crippen LogP) is 9.09. The quantitative estimate of drug-likeness (QED) is 0.154. The van der Waals surface area contributed by atoms with E-state index < -0.39 is 6.43 Å². The molecule has 4 saturated heterocycles. The number of aryl methyl sites for hydroxylation is 2. The van der Waals surface area contributed by atoms with Gasteiger partial charge in [-0.05, 0) is 142 Å². The molecule has 6 aliphatic heterocycles. The standard InChI is InChI=1S/C28H35F2N7O.C27H33ClN6O/c1-18(38)35-12-8-25-24(17-35)28(32-37(25)21-6-10-33(2)11-7-21)36-9-4-5-19-13-22(20-15-31-34(3)16-20)23(27(29)30)14-26(19)36;1-19-13-20(2)17-34(16-19)26(35)24-5-6-25(31-30-24)32-10-7-27(8-11-32)9-12-33(18-27)22-4-3-21(15-29)23(28)14-22/h13-16,21,27H,4-12,17H2,1-3H3;3-6,14,19-20H,7-13,16-18H2,1-2H3. The minimum absolute atomic E-state index is 0.00556. The monoisotopic (exact) mass is 1020 g/mol. The lowest BCUT2D eigenvalue weighted by Gasteiger charge is -2.39. The van der Waals surface area contributed by atoms with Crippen LogP contribution in [0.15, 0.2) is 54.9 Å². The molecule has 11 rings (SSSR count). The molecule has 0 saturated carbocycles. The normalized spacial score (nSPS) is 21.2. The van der Waals surface area contributed by atoms with Crippen molar-refractivity contribution < 1.29 is 18.4 Å². The van der Waals surface area contributed by atoms with Gasteiger partial charge in [0.25, 0.3) is 12.3 Å². The van der Waals surface area contributed by atoms with E-state index >= 15 is 0 Å². The van der Waals surface area contributed by atoms with Crippen LogP contribution in [0.25, 0.3) is 11.1 Å². The molecule has 4 fully saturated rings. The molecule has 2 amide bonds. The third-order valence-corrected chi connectivity index (χ3v) is 16.8. The molecular weight excluding hydrogens is 948 g/mol. The average Bonchev–Trinajstić information content (AvgIpc) is 4.13. The largest absolute Gasteiger partial charge is 0.371 e. The van der Waals surface area contributed by atoms with Gasteiger partial charge in [-0.2, -0.15) is 15.5 Å². The lowest BCUT2D eigenvalue weighted by molar-refractivity contribution is -0.129. The number of aromatic nitrogens is 6. The van der Waals surface area contributed by atoms with Crippen molar-refractivity contribution in [3.8, 4) is 17.2 Å². The van der Waals surface area contributed by atoms with Crippen LogP contribution < -0.4 is 14.7 Å². The van der Waals surface area contributed by atoms with Crippen molar-refractivity contribution in [1.82, 2.24) is 44.5 Å². The summed E-state index contributed by atoms with van der Waals surface area (Å²) < 4.78 is 32.6. The number of benzene rings is 2. The number of hydrogen-bond acceptors (Lipinski definition) is 11. The number of fused-ring (bicyclic) bond motifs is 2. The summed E-state index contributed by atoms with van der Waals surface area (Å²) in [7, 11) is 3.94. The Kier molecular flexibility index (Phi) is 14.5. The first-order valence-corrected chi connectivity index (χ1v) is 26.6. The van der Waals surface area contributed by atoms with Crippen LogP contribution in [-0.4, -0.2) is 129 Å². The van der Waals surface area contributed by atoms with Gasteiger partial charge in [-0.15, -0.1) is 10.2 Å². The number of amides is 2. The Morgan fingerprint density at radius 2 is 1.62 bits per heavy atom. The van der Waals surface area contributed by atoms with E-state index in [1.807, 2.05) is 46.2 Å². The summed E-state index contributed by atoms with van der Waals surface area (Å²) in [6, 6.07) is 15.5. The smallest absolute Gasteiger partial charge is 0.274 e. The van der Waals surface area contributed by atoms with Gasteiger partial charge in [-0.3, -0.25) is 19.0 Å². The van der Waals surface area contributed by atoms with Crippen LogP contribution in [-0.2, 0) is 31.2 Å². The summed E-state index contributed by atoms with van der Waals surface area (Å²) >= 11 is 6.27. The summed E-state index contributed by atoms with van der Waals surface area (Å²) in [4.78, 5) is 38.2. The molecule has 5 aromatic rings. The number of likely N-dealkylation sites (tertiary alicyclic amines) is 2. The summed E-state index contributed by atoms with van der Waals surface area (Å²) in [6.45, 7) is 15.4. The number of carbonyl (C=O) groups is 2. The van der Waals surface area contributed by atoms with Gasteiger partial charge in [0.1, 0.15) is 6.07 Å². The van der Waals surface area contributed by atoms with E-state index in [9.17, 15) is 18.4 Å². The van der Waals surface area contributed by atoms with Crippen LogP contribution >= 0.6 is 11.6 Å². The van der Waals surface area contributed by atoms with E-state index in [0.29, 0.717) is 70.3 Å². The molecular formula is C55H68ClF2N13O2. The number of piperidine rings is 3. The van der Waals surface area contributed by atoms with E-state index in [2.05, 4.69) is 66.5 Å². The van der Waals surface area contributed by atoms with Crippen molar-refractivity contribution in [2.24, 2.45) is 24.3 Å². The maximum Gasteiger partial charge on any atom is 0.274 e. The van der Waals surface area contributed by atoms with Crippen molar-refractivity contribution in [2.75, 3.05) is 87.2 Å². The molecule has 386 valence electrons. The van der Waals surface area contributed by atoms with E-state index in [4.69, 9.17) is 22.0 Å². The molecule has 9 heterocycles. The zero-order valence-corrected chi connectivity index (χ0v) is 43.7. The molecule has 2 atom stereocenters. The van der Waals surface area contributed by atoms with Crippen molar-refractivity contribution in [2.45, 2.75) is 97.6 Å². The average molecular weight is 1020 g/mol. The third kappa shape index (κ3) is 10.5. The maximum absolute atomic E-state index is 14.4. The highest BCUT2D eigenvalue weighted by Gasteiger charge is 2.41. The molecule has 0 bridgehead atoms. The van der Waals surface area contributed by atoms with Crippen LogP contribution in [0.4, 0.5) is 31.8 Å². The van der Waals surface area contributed by atoms with Crippen LogP contribution in [0.1, 0.15) is 117 Å². The second-order valence-corrected chi connectivity index (χ2v) is 22.2. The molecule has 1 spiro atoms. The number of anilines is 4. The fourth-order valence-electron chi connectivity index (χ4n) is 12.5. The lowest BCUT2D eigenvalue weighted by atomic mass is 9.78. The molecule has 2 unspecified atom stereocenters. The number of rotatable bonds is 7.